The maximum atomic E-state index is 12.6. The molecule has 0 aliphatic rings. The highest BCUT2D eigenvalue weighted by atomic mass is 16.1. The second kappa shape index (κ2) is 5.78. The minimum absolute atomic E-state index is 0.00768. The quantitative estimate of drug-likeness (QED) is 0.779. The first-order chi connectivity index (χ1) is 11.7. The van der Waals surface area contributed by atoms with Crippen LogP contribution in [0.5, 0.6) is 0 Å². The molecule has 0 radical (unpaired) electrons. The van der Waals surface area contributed by atoms with Crippen molar-refractivity contribution in [1.82, 2.24) is 14.1 Å². The number of hydrogen-bond acceptors (Lipinski definition) is 4. The summed E-state index contributed by atoms with van der Waals surface area (Å²) in [7, 11) is 1.76. The van der Waals surface area contributed by atoms with Crippen LogP contribution >= 0.6 is 0 Å². The zero-order valence-electron chi connectivity index (χ0n) is 14.9. The number of nitrogen functional groups attached to an aromatic ring is 1. The van der Waals surface area contributed by atoms with Crippen molar-refractivity contribution in [2.24, 2.45) is 12.5 Å². The normalized spacial score (nSPS) is 11.6. The Morgan fingerprint density at radius 2 is 1.96 bits per heavy atom. The van der Waals surface area contributed by atoms with Crippen LogP contribution in [0.25, 0.3) is 22.2 Å². The largest absolute Gasteiger partial charge is 0.383 e. The number of pyridine rings is 1. The van der Waals surface area contributed by atoms with Crippen LogP contribution in [0, 0.1) is 16.7 Å². The van der Waals surface area contributed by atoms with Crippen molar-refractivity contribution in [2.75, 3.05) is 5.73 Å². The van der Waals surface area contributed by atoms with Gasteiger partial charge in [0.15, 0.2) is 0 Å². The molecule has 1 aromatic carbocycles. The molecule has 0 saturated heterocycles. The van der Waals surface area contributed by atoms with E-state index >= 15 is 0 Å². The van der Waals surface area contributed by atoms with Gasteiger partial charge in [-0.15, -0.1) is 0 Å². The van der Waals surface area contributed by atoms with Gasteiger partial charge in [-0.05, 0) is 29.2 Å². The average molecular weight is 335 g/mol. The lowest BCUT2D eigenvalue weighted by Crippen LogP contribution is -2.27. The zero-order chi connectivity index (χ0) is 18.4. The number of anilines is 1. The first-order valence-electron chi connectivity index (χ1n) is 8.06. The molecule has 2 heterocycles. The Bertz CT molecular complexity index is 1060. The molecular formula is C19H21N5O. The minimum Gasteiger partial charge on any atom is -0.383 e. The molecule has 0 atom stereocenters. The second-order valence-electron chi connectivity index (χ2n) is 7.46. The summed E-state index contributed by atoms with van der Waals surface area (Å²) < 4.78 is 3.44. The molecule has 25 heavy (non-hydrogen) atoms. The predicted octanol–water partition coefficient (Wildman–Crippen LogP) is 2.90. The number of benzene rings is 1. The summed E-state index contributed by atoms with van der Waals surface area (Å²) in [6.07, 6.45) is 1.45. The minimum atomic E-state index is -0.0426. The third kappa shape index (κ3) is 3.01. The summed E-state index contributed by atoms with van der Waals surface area (Å²) in [5.74, 6) is 0.359. The number of hydrogen-bond donors (Lipinski definition) is 1. The third-order valence-corrected chi connectivity index (χ3v) is 4.14. The van der Waals surface area contributed by atoms with E-state index in [9.17, 15) is 4.79 Å². The smallest absolute Gasteiger partial charge is 0.328 e. The highest BCUT2D eigenvalue weighted by Crippen LogP contribution is 2.29. The number of imidazole rings is 1. The summed E-state index contributed by atoms with van der Waals surface area (Å²) in [5, 5.41) is 9.08. The van der Waals surface area contributed by atoms with Gasteiger partial charge in [-0.1, -0.05) is 26.8 Å². The van der Waals surface area contributed by atoms with Crippen LogP contribution < -0.4 is 11.4 Å². The van der Waals surface area contributed by atoms with E-state index in [0.29, 0.717) is 23.5 Å². The highest BCUT2D eigenvalue weighted by Gasteiger charge is 2.18. The third-order valence-electron chi connectivity index (χ3n) is 4.14. The number of rotatable bonds is 2. The van der Waals surface area contributed by atoms with E-state index in [4.69, 9.17) is 11.0 Å². The molecule has 0 amide bonds. The van der Waals surface area contributed by atoms with Gasteiger partial charge in [-0.25, -0.2) is 9.78 Å². The van der Waals surface area contributed by atoms with Gasteiger partial charge in [0.1, 0.15) is 11.9 Å². The van der Waals surface area contributed by atoms with E-state index in [1.165, 1.54) is 6.20 Å². The molecule has 128 valence electrons. The Hall–Kier alpha value is -3.07. The standard InChI is InChI=1S/C19H21N5O/c1-19(2,3)11-24-15-6-5-13(8-16(15)23(4)18(24)25)14-7-12(9-20)10-22-17(14)21/h5-8,10H,11H2,1-4H3,(H2,21,22). The number of aromatic nitrogens is 3. The monoisotopic (exact) mass is 335 g/mol. The van der Waals surface area contributed by atoms with Crippen LogP contribution in [-0.4, -0.2) is 14.1 Å². The molecule has 6 heteroatoms. The lowest BCUT2D eigenvalue weighted by molar-refractivity contribution is 0.342. The lowest BCUT2D eigenvalue weighted by Gasteiger charge is -2.18. The highest BCUT2D eigenvalue weighted by molar-refractivity contribution is 5.85. The Labute approximate surface area is 146 Å². The fourth-order valence-corrected chi connectivity index (χ4v) is 2.97. The van der Waals surface area contributed by atoms with Gasteiger partial charge in [0.2, 0.25) is 0 Å². The topological polar surface area (TPSA) is 89.6 Å². The summed E-state index contributed by atoms with van der Waals surface area (Å²) >= 11 is 0. The van der Waals surface area contributed by atoms with Crippen molar-refractivity contribution < 1.29 is 0 Å². The first kappa shape index (κ1) is 16.8. The van der Waals surface area contributed by atoms with E-state index < -0.39 is 0 Å². The van der Waals surface area contributed by atoms with Gasteiger partial charge >= 0.3 is 5.69 Å². The van der Waals surface area contributed by atoms with Crippen molar-refractivity contribution in [3.05, 3.63) is 46.5 Å². The van der Waals surface area contributed by atoms with E-state index in [1.807, 2.05) is 18.2 Å². The number of nitrogens with two attached hydrogens (primary N) is 1. The van der Waals surface area contributed by atoms with Crippen LogP contribution in [0.15, 0.2) is 35.3 Å². The van der Waals surface area contributed by atoms with Gasteiger partial charge < -0.3 is 5.73 Å². The fraction of sp³-hybridized carbons (Fsp3) is 0.316. The van der Waals surface area contributed by atoms with Crippen molar-refractivity contribution in [1.29, 1.82) is 5.26 Å². The zero-order valence-corrected chi connectivity index (χ0v) is 14.9. The summed E-state index contributed by atoms with van der Waals surface area (Å²) in [4.78, 5) is 16.7. The van der Waals surface area contributed by atoms with Gasteiger partial charge in [0, 0.05) is 25.4 Å². The van der Waals surface area contributed by atoms with E-state index in [2.05, 4.69) is 31.8 Å². The lowest BCUT2D eigenvalue weighted by atomic mass is 9.97. The van der Waals surface area contributed by atoms with Crippen molar-refractivity contribution in [2.45, 2.75) is 27.3 Å². The average Bonchev–Trinajstić information content (AvgIpc) is 2.78. The van der Waals surface area contributed by atoms with Crippen LogP contribution in [0.3, 0.4) is 0 Å². The number of nitrogens with zero attached hydrogens (tertiary/aromatic N) is 4. The number of nitriles is 1. The Morgan fingerprint density at radius 1 is 1.24 bits per heavy atom. The summed E-state index contributed by atoms with van der Waals surface area (Å²) in [5.41, 5.74) is 9.61. The Morgan fingerprint density at radius 3 is 2.60 bits per heavy atom. The van der Waals surface area contributed by atoms with E-state index in [1.54, 1.807) is 22.2 Å². The van der Waals surface area contributed by atoms with Gasteiger partial charge in [-0.2, -0.15) is 5.26 Å². The van der Waals surface area contributed by atoms with Crippen molar-refractivity contribution >= 4 is 16.9 Å². The molecule has 0 fully saturated rings. The molecule has 2 aromatic heterocycles. The molecule has 0 aliphatic heterocycles. The van der Waals surface area contributed by atoms with Crippen LogP contribution in [-0.2, 0) is 13.6 Å². The number of fused-ring (bicyclic) bond motifs is 1. The molecule has 0 aliphatic carbocycles. The van der Waals surface area contributed by atoms with Crippen LogP contribution in [0.2, 0.25) is 0 Å². The molecule has 0 spiro atoms. The molecule has 0 bridgehead atoms. The van der Waals surface area contributed by atoms with Crippen molar-refractivity contribution in [3.8, 4) is 17.2 Å². The van der Waals surface area contributed by atoms with E-state index in [0.717, 1.165) is 16.6 Å². The maximum Gasteiger partial charge on any atom is 0.328 e. The molecule has 2 N–H and O–H groups in total. The Kier molecular flexibility index (Phi) is 3.88. The predicted molar refractivity (Wildman–Crippen MR) is 99.0 cm³/mol. The van der Waals surface area contributed by atoms with Crippen LogP contribution in [0.4, 0.5) is 5.82 Å². The Balaban J connectivity index is 2.22. The molecule has 6 nitrogen and oxygen atoms in total. The molecule has 0 unspecified atom stereocenters. The van der Waals surface area contributed by atoms with E-state index in [-0.39, 0.29) is 11.1 Å². The van der Waals surface area contributed by atoms with Gasteiger partial charge in [-0.3, -0.25) is 9.13 Å². The van der Waals surface area contributed by atoms with Crippen LogP contribution in [0.1, 0.15) is 26.3 Å². The molecular weight excluding hydrogens is 314 g/mol. The first-order valence-corrected chi connectivity index (χ1v) is 8.06. The summed E-state index contributed by atoms with van der Waals surface area (Å²) in [6.45, 7) is 6.95. The van der Waals surface area contributed by atoms with Gasteiger partial charge in [0.05, 0.1) is 16.6 Å². The molecule has 3 rings (SSSR count). The number of aryl methyl sites for hydroxylation is 1. The second-order valence-corrected chi connectivity index (χ2v) is 7.46. The molecule has 0 saturated carbocycles. The fourth-order valence-electron chi connectivity index (χ4n) is 2.97. The SMILES string of the molecule is Cn1c(=O)n(CC(C)(C)C)c2ccc(-c3cc(C#N)cnc3N)cc21. The summed E-state index contributed by atoms with van der Waals surface area (Å²) in [6, 6.07) is 9.55. The van der Waals surface area contributed by atoms with Crippen molar-refractivity contribution in [3.63, 3.8) is 0 Å². The maximum absolute atomic E-state index is 12.6. The van der Waals surface area contributed by atoms with Gasteiger partial charge in [0.25, 0.3) is 0 Å². The molecule has 3 aromatic rings.